The van der Waals surface area contributed by atoms with E-state index >= 15 is 0 Å². The molecule has 1 aliphatic rings. The average molecular weight is 438 g/mol. The second kappa shape index (κ2) is 9.01. The Morgan fingerprint density at radius 1 is 1.03 bits per heavy atom. The lowest BCUT2D eigenvalue weighted by Gasteiger charge is -2.17. The van der Waals surface area contributed by atoms with E-state index in [1.807, 2.05) is 12.1 Å². The Kier molecular flexibility index (Phi) is 5.99. The molecule has 1 aliphatic heterocycles. The average Bonchev–Trinajstić information content (AvgIpc) is 3.19. The van der Waals surface area contributed by atoms with Gasteiger partial charge in [-0.3, -0.25) is 25.4 Å². The fourth-order valence-corrected chi connectivity index (χ4v) is 3.55. The number of aryl methyl sites for hydroxylation is 1. The maximum absolute atomic E-state index is 12.8. The zero-order chi connectivity index (χ0) is 21.8. The molecule has 0 aliphatic carbocycles. The Balaban J connectivity index is 1.54. The zero-order valence-electron chi connectivity index (χ0n) is 16.7. The van der Waals surface area contributed by atoms with Crippen molar-refractivity contribution in [1.29, 1.82) is 0 Å². The summed E-state index contributed by atoms with van der Waals surface area (Å²) in [5.41, 5.74) is 7.03. The van der Waals surface area contributed by atoms with E-state index in [-0.39, 0.29) is 5.56 Å². The van der Waals surface area contributed by atoms with Crippen LogP contribution in [0.3, 0.4) is 0 Å². The van der Waals surface area contributed by atoms with Gasteiger partial charge in [0, 0.05) is 24.2 Å². The summed E-state index contributed by atoms with van der Waals surface area (Å²) in [6.45, 7) is 3.11. The number of benzene rings is 2. The van der Waals surface area contributed by atoms with E-state index in [0.717, 1.165) is 13.0 Å². The van der Waals surface area contributed by atoms with Gasteiger partial charge in [-0.1, -0.05) is 53.2 Å². The second-order valence-corrected chi connectivity index (χ2v) is 7.31. The summed E-state index contributed by atoms with van der Waals surface area (Å²) in [6.07, 6.45) is 0.944. The topological polar surface area (TPSA) is 109 Å². The molecule has 31 heavy (non-hydrogen) atoms. The van der Waals surface area contributed by atoms with Crippen LogP contribution in [0.1, 0.15) is 38.5 Å². The number of rotatable bonds is 4. The maximum atomic E-state index is 12.8. The molecule has 4 rings (SSSR count). The molecule has 3 aromatic rings. The molecule has 0 bridgehead atoms. The van der Waals surface area contributed by atoms with E-state index in [9.17, 15) is 9.59 Å². The highest BCUT2D eigenvalue weighted by Crippen LogP contribution is 2.30. The molecule has 0 atom stereocenters. The molecule has 0 radical (unpaired) electrons. The van der Waals surface area contributed by atoms with Gasteiger partial charge in [-0.25, -0.2) is 0 Å². The van der Waals surface area contributed by atoms with Crippen molar-refractivity contribution in [3.05, 3.63) is 76.0 Å². The van der Waals surface area contributed by atoms with Crippen molar-refractivity contribution in [3.63, 3.8) is 0 Å². The van der Waals surface area contributed by atoms with Gasteiger partial charge in [0.2, 0.25) is 0 Å². The number of carbonyl (C=O) groups excluding carboxylic acids is 2. The fourth-order valence-electron chi connectivity index (χ4n) is 3.32. The number of aromatic nitrogens is 1. The first-order valence-corrected chi connectivity index (χ1v) is 10.1. The first-order chi connectivity index (χ1) is 15.1. The van der Waals surface area contributed by atoms with Crippen molar-refractivity contribution in [1.82, 2.24) is 21.3 Å². The minimum absolute atomic E-state index is 0.194. The molecule has 0 unspecified atom stereocenters. The number of halogens is 1. The SMILES string of the molecule is Cc1onc(-c2ccccc2Cl)c1C(=O)NNC(=O)c1ccccc1C1=NCCCN1. The van der Waals surface area contributed by atoms with Crippen LogP contribution in [0.2, 0.25) is 5.02 Å². The van der Waals surface area contributed by atoms with Gasteiger partial charge >= 0.3 is 0 Å². The predicted octanol–water partition coefficient (Wildman–Crippen LogP) is 3.12. The number of hydrogen-bond acceptors (Lipinski definition) is 6. The van der Waals surface area contributed by atoms with Gasteiger partial charge in [0.25, 0.3) is 11.8 Å². The molecular formula is C22H20ClN5O3. The van der Waals surface area contributed by atoms with Crippen molar-refractivity contribution >= 4 is 29.3 Å². The van der Waals surface area contributed by atoms with Crippen molar-refractivity contribution in [2.75, 3.05) is 13.1 Å². The minimum Gasteiger partial charge on any atom is -0.370 e. The van der Waals surface area contributed by atoms with E-state index in [0.29, 0.717) is 45.5 Å². The van der Waals surface area contributed by atoms with E-state index in [4.69, 9.17) is 16.1 Å². The Morgan fingerprint density at radius 3 is 2.48 bits per heavy atom. The highest BCUT2D eigenvalue weighted by molar-refractivity contribution is 6.33. The third-order valence-corrected chi connectivity index (χ3v) is 5.16. The molecule has 0 saturated carbocycles. The fraction of sp³-hybridized carbons (Fsp3) is 0.182. The summed E-state index contributed by atoms with van der Waals surface area (Å²) in [5, 5.41) is 7.61. The van der Waals surface area contributed by atoms with Crippen LogP contribution < -0.4 is 16.2 Å². The third-order valence-electron chi connectivity index (χ3n) is 4.83. The van der Waals surface area contributed by atoms with Crippen molar-refractivity contribution in [2.45, 2.75) is 13.3 Å². The highest BCUT2D eigenvalue weighted by atomic mass is 35.5. The van der Waals surface area contributed by atoms with Gasteiger partial charge in [-0.2, -0.15) is 0 Å². The number of aliphatic imine (C=N–C) groups is 1. The molecule has 0 spiro atoms. The zero-order valence-corrected chi connectivity index (χ0v) is 17.5. The van der Waals surface area contributed by atoms with Crippen LogP contribution >= 0.6 is 11.6 Å². The van der Waals surface area contributed by atoms with E-state index in [2.05, 4.69) is 26.3 Å². The maximum Gasteiger partial charge on any atom is 0.275 e. The van der Waals surface area contributed by atoms with E-state index in [1.165, 1.54) is 0 Å². The molecule has 3 N–H and O–H groups in total. The Bertz CT molecular complexity index is 1170. The van der Waals surface area contributed by atoms with Gasteiger partial charge in [-0.05, 0) is 25.5 Å². The monoisotopic (exact) mass is 437 g/mol. The normalized spacial score (nSPS) is 13.2. The van der Waals surface area contributed by atoms with Crippen LogP contribution in [0.15, 0.2) is 58.0 Å². The lowest BCUT2D eigenvalue weighted by Crippen LogP contribution is -2.43. The van der Waals surface area contributed by atoms with Gasteiger partial charge in [-0.15, -0.1) is 0 Å². The van der Waals surface area contributed by atoms with Crippen molar-refractivity contribution in [2.24, 2.45) is 4.99 Å². The second-order valence-electron chi connectivity index (χ2n) is 6.91. The first-order valence-electron chi connectivity index (χ1n) is 9.76. The number of nitrogens with zero attached hydrogens (tertiary/aromatic N) is 2. The summed E-state index contributed by atoms with van der Waals surface area (Å²) in [4.78, 5) is 30.1. The largest absolute Gasteiger partial charge is 0.370 e. The third kappa shape index (κ3) is 4.29. The lowest BCUT2D eigenvalue weighted by atomic mass is 10.0. The van der Waals surface area contributed by atoms with Crippen LogP contribution in [0, 0.1) is 6.92 Å². The summed E-state index contributed by atoms with van der Waals surface area (Å²) in [7, 11) is 0. The minimum atomic E-state index is -0.562. The summed E-state index contributed by atoms with van der Waals surface area (Å²) in [5.74, 6) is -0.0536. The smallest absolute Gasteiger partial charge is 0.275 e. The van der Waals surface area contributed by atoms with Crippen LogP contribution in [0.25, 0.3) is 11.3 Å². The Hall–Kier alpha value is -3.65. The van der Waals surface area contributed by atoms with Gasteiger partial charge in [0.15, 0.2) is 0 Å². The quantitative estimate of drug-likeness (QED) is 0.543. The van der Waals surface area contributed by atoms with Gasteiger partial charge < -0.3 is 9.84 Å². The molecule has 2 amide bonds. The number of hydrogen-bond donors (Lipinski definition) is 3. The van der Waals surface area contributed by atoms with Gasteiger partial charge in [0.05, 0.1) is 10.6 Å². The first kappa shape index (κ1) is 20.6. The lowest BCUT2D eigenvalue weighted by molar-refractivity contribution is 0.0846. The molecule has 8 nitrogen and oxygen atoms in total. The summed E-state index contributed by atoms with van der Waals surface area (Å²) in [6, 6.07) is 14.1. The molecule has 158 valence electrons. The molecule has 0 saturated heterocycles. The summed E-state index contributed by atoms with van der Waals surface area (Å²) >= 11 is 6.24. The van der Waals surface area contributed by atoms with Crippen LogP contribution in [-0.4, -0.2) is 35.9 Å². The molecule has 2 heterocycles. The Labute approximate surface area is 183 Å². The molecule has 0 fully saturated rings. The van der Waals surface area contributed by atoms with Gasteiger partial charge in [0.1, 0.15) is 22.9 Å². The van der Waals surface area contributed by atoms with Crippen molar-refractivity contribution < 1.29 is 14.1 Å². The predicted molar refractivity (Wildman–Crippen MR) is 117 cm³/mol. The number of amidine groups is 1. The van der Waals surface area contributed by atoms with Crippen LogP contribution in [0.4, 0.5) is 0 Å². The van der Waals surface area contributed by atoms with E-state index < -0.39 is 11.8 Å². The van der Waals surface area contributed by atoms with Crippen molar-refractivity contribution in [3.8, 4) is 11.3 Å². The van der Waals surface area contributed by atoms with Crippen LogP contribution in [-0.2, 0) is 0 Å². The number of carbonyl (C=O) groups is 2. The number of hydrazine groups is 1. The molecule has 1 aromatic heterocycles. The standard InChI is InChI=1S/C22H20ClN5O3/c1-13-18(19(28-31-13)16-9-4-5-10-17(16)23)22(30)27-26-21(29)15-8-3-2-7-14(15)20-24-11-6-12-25-20/h2-5,7-10H,6,11-12H2,1H3,(H,24,25)(H,26,29)(H,27,30). The number of nitrogens with one attached hydrogen (secondary N) is 3. The van der Waals surface area contributed by atoms with E-state index in [1.54, 1.807) is 43.3 Å². The molecule has 2 aromatic carbocycles. The summed E-state index contributed by atoms with van der Waals surface area (Å²) < 4.78 is 5.21. The number of amides is 2. The molecule has 9 heteroatoms. The Morgan fingerprint density at radius 2 is 1.74 bits per heavy atom. The highest BCUT2D eigenvalue weighted by Gasteiger charge is 2.24. The van der Waals surface area contributed by atoms with Crippen LogP contribution in [0.5, 0.6) is 0 Å². The molecular weight excluding hydrogens is 418 g/mol.